The van der Waals surface area contributed by atoms with E-state index in [2.05, 4.69) is 55.5 Å². The summed E-state index contributed by atoms with van der Waals surface area (Å²) >= 11 is 0. The van der Waals surface area contributed by atoms with Crippen molar-refractivity contribution in [2.75, 3.05) is 6.67 Å². The minimum atomic E-state index is -0.141. The molecule has 4 rings (SSSR count). The normalized spacial score (nSPS) is 25.0. The third-order valence-electron chi connectivity index (χ3n) is 9.31. The molecule has 2 saturated carbocycles. The van der Waals surface area contributed by atoms with E-state index in [-0.39, 0.29) is 6.67 Å². The van der Waals surface area contributed by atoms with Gasteiger partial charge in [0.2, 0.25) is 0 Å². The van der Waals surface area contributed by atoms with E-state index in [1.807, 2.05) is 0 Å². The highest BCUT2D eigenvalue weighted by atomic mass is 19.1. The number of benzene rings is 2. The van der Waals surface area contributed by atoms with Gasteiger partial charge in [-0.25, -0.2) is 0 Å². The fourth-order valence-corrected chi connectivity index (χ4v) is 6.96. The highest BCUT2D eigenvalue weighted by Crippen LogP contribution is 2.39. The van der Waals surface area contributed by atoms with Crippen molar-refractivity contribution in [2.24, 2.45) is 17.8 Å². The minimum Gasteiger partial charge on any atom is -0.251 e. The quantitative estimate of drug-likeness (QED) is 0.267. The van der Waals surface area contributed by atoms with E-state index in [0.29, 0.717) is 0 Å². The van der Waals surface area contributed by atoms with Crippen molar-refractivity contribution in [1.82, 2.24) is 0 Å². The molecule has 35 heavy (non-hydrogen) atoms. The van der Waals surface area contributed by atoms with E-state index >= 15 is 0 Å². The first-order chi connectivity index (χ1) is 17.3. The molecule has 192 valence electrons. The molecular weight excluding hydrogens is 427 g/mol. The fraction of sp³-hybridized carbons (Fsp3) is 0.647. The van der Waals surface area contributed by atoms with Crippen LogP contribution < -0.4 is 0 Å². The van der Waals surface area contributed by atoms with Crippen molar-refractivity contribution < 1.29 is 4.39 Å². The lowest BCUT2D eigenvalue weighted by atomic mass is 9.76. The van der Waals surface area contributed by atoms with Crippen molar-refractivity contribution in [1.29, 1.82) is 0 Å². The van der Waals surface area contributed by atoms with Gasteiger partial charge in [-0.1, -0.05) is 107 Å². The van der Waals surface area contributed by atoms with E-state index in [4.69, 9.17) is 0 Å². The van der Waals surface area contributed by atoms with Gasteiger partial charge in [0, 0.05) is 0 Å². The summed E-state index contributed by atoms with van der Waals surface area (Å²) in [5.41, 5.74) is 5.87. The summed E-state index contributed by atoms with van der Waals surface area (Å²) in [5.74, 6) is 3.38. The Morgan fingerprint density at radius 3 is 1.91 bits per heavy atom. The second-order valence-electron chi connectivity index (χ2n) is 11.7. The molecule has 0 radical (unpaired) electrons. The highest BCUT2D eigenvalue weighted by molar-refractivity contribution is 5.67. The van der Waals surface area contributed by atoms with Crippen molar-refractivity contribution in [3.63, 3.8) is 0 Å². The van der Waals surface area contributed by atoms with Gasteiger partial charge in [-0.05, 0) is 97.3 Å². The van der Waals surface area contributed by atoms with Crippen LogP contribution >= 0.6 is 0 Å². The third-order valence-corrected chi connectivity index (χ3v) is 9.31. The first-order valence-corrected chi connectivity index (χ1v) is 15.0. The number of unbranched alkanes of at least 4 members (excludes halogenated alkanes) is 2. The van der Waals surface area contributed by atoms with E-state index in [9.17, 15) is 4.39 Å². The second kappa shape index (κ2) is 14.2. The Kier molecular flexibility index (Phi) is 10.7. The molecule has 0 spiro atoms. The Bertz CT molecular complexity index is 837. The molecule has 0 saturated heterocycles. The van der Waals surface area contributed by atoms with Gasteiger partial charge >= 0.3 is 0 Å². The third kappa shape index (κ3) is 7.93. The molecule has 2 fully saturated rings. The van der Waals surface area contributed by atoms with E-state index < -0.39 is 0 Å². The molecule has 0 nitrogen and oxygen atoms in total. The lowest BCUT2D eigenvalue weighted by Crippen LogP contribution is -2.15. The van der Waals surface area contributed by atoms with Crippen LogP contribution in [0.4, 0.5) is 4.39 Å². The predicted molar refractivity (Wildman–Crippen MR) is 150 cm³/mol. The molecule has 0 bridgehead atoms. The fourth-order valence-electron chi connectivity index (χ4n) is 6.96. The average molecular weight is 477 g/mol. The standard InChI is InChI=1S/C34H49F/c1-2-3-4-8-27-16-19-30(20-17-27)31-22-24-33(25-23-31)34-11-6-5-10-32(34)21-18-29-14-12-28(13-15-29)9-7-26-35/h5-6,10-11,22-25,27-30H,2-4,7-9,12-21,26H2,1H3. The van der Waals surface area contributed by atoms with Crippen molar-refractivity contribution in [3.05, 3.63) is 59.7 Å². The number of hydrogen-bond acceptors (Lipinski definition) is 0. The lowest BCUT2D eigenvalue weighted by molar-refractivity contribution is 0.245. The van der Waals surface area contributed by atoms with E-state index in [1.165, 1.54) is 107 Å². The predicted octanol–water partition coefficient (Wildman–Crippen LogP) is 10.7. The molecule has 0 N–H and O–H groups in total. The smallest absolute Gasteiger partial charge is 0.0894 e. The van der Waals surface area contributed by atoms with Gasteiger partial charge in [0.05, 0.1) is 6.67 Å². The average Bonchev–Trinajstić information content (AvgIpc) is 2.92. The van der Waals surface area contributed by atoms with Crippen LogP contribution in [0.15, 0.2) is 48.5 Å². The number of rotatable bonds is 12. The zero-order valence-electron chi connectivity index (χ0n) is 22.3. The molecule has 0 amide bonds. The van der Waals surface area contributed by atoms with Crippen LogP contribution in [0.25, 0.3) is 11.1 Å². The lowest BCUT2D eigenvalue weighted by Gasteiger charge is -2.29. The van der Waals surface area contributed by atoms with Crippen LogP contribution in [-0.4, -0.2) is 6.67 Å². The molecule has 1 heteroatoms. The largest absolute Gasteiger partial charge is 0.251 e. The van der Waals surface area contributed by atoms with Gasteiger partial charge in [-0.15, -0.1) is 0 Å². The number of alkyl halides is 1. The maximum atomic E-state index is 12.5. The number of halogens is 1. The van der Waals surface area contributed by atoms with Gasteiger partial charge in [0.15, 0.2) is 0 Å². The van der Waals surface area contributed by atoms with E-state index in [0.717, 1.165) is 36.5 Å². The van der Waals surface area contributed by atoms with Crippen molar-refractivity contribution in [2.45, 2.75) is 116 Å². The Hall–Kier alpha value is -1.63. The summed E-state index contributed by atoms with van der Waals surface area (Å²) in [6.07, 6.45) is 20.9. The SMILES string of the molecule is CCCCCC1CCC(c2ccc(-c3ccccc3CCC3CCC(CCCF)CC3)cc2)CC1. The van der Waals surface area contributed by atoms with Crippen molar-refractivity contribution in [3.8, 4) is 11.1 Å². The minimum absolute atomic E-state index is 0.141. The van der Waals surface area contributed by atoms with Crippen LogP contribution in [0.1, 0.15) is 120 Å². The highest BCUT2D eigenvalue weighted by Gasteiger charge is 2.23. The van der Waals surface area contributed by atoms with Crippen LogP contribution in [0.5, 0.6) is 0 Å². The topological polar surface area (TPSA) is 0 Å². The molecular formula is C34H49F. The maximum Gasteiger partial charge on any atom is 0.0894 e. The summed E-state index contributed by atoms with van der Waals surface area (Å²) in [6, 6.07) is 18.7. The Balaban J connectivity index is 1.28. The summed E-state index contributed by atoms with van der Waals surface area (Å²) in [4.78, 5) is 0. The summed E-state index contributed by atoms with van der Waals surface area (Å²) in [6.45, 7) is 2.17. The second-order valence-corrected chi connectivity index (χ2v) is 11.7. The molecule has 2 aliphatic carbocycles. The molecule has 0 aliphatic heterocycles. The molecule has 0 unspecified atom stereocenters. The Morgan fingerprint density at radius 2 is 1.26 bits per heavy atom. The van der Waals surface area contributed by atoms with Gasteiger partial charge in [0.25, 0.3) is 0 Å². The summed E-state index contributed by atoms with van der Waals surface area (Å²) in [5, 5.41) is 0. The first-order valence-electron chi connectivity index (χ1n) is 15.0. The summed E-state index contributed by atoms with van der Waals surface area (Å²) < 4.78 is 12.5. The van der Waals surface area contributed by atoms with Crippen LogP contribution in [-0.2, 0) is 6.42 Å². The zero-order chi connectivity index (χ0) is 24.3. The zero-order valence-corrected chi connectivity index (χ0v) is 22.3. The molecule has 2 aromatic rings. The van der Waals surface area contributed by atoms with Crippen LogP contribution in [0.2, 0.25) is 0 Å². The number of hydrogen-bond donors (Lipinski definition) is 0. The number of aryl methyl sites for hydroxylation is 1. The Labute approximate surface area is 215 Å². The molecule has 0 atom stereocenters. The monoisotopic (exact) mass is 476 g/mol. The van der Waals surface area contributed by atoms with E-state index in [1.54, 1.807) is 5.56 Å². The van der Waals surface area contributed by atoms with Crippen molar-refractivity contribution >= 4 is 0 Å². The van der Waals surface area contributed by atoms with Gasteiger partial charge in [-0.2, -0.15) is 0 Å². The molecule has 0 aromatic heterocycles. The molecule has 2 aliphatic rings. The Morgan fingerprint density at radius 1 is 0.657 bits per heavy atom. The first kappa shape index (κ1) is 26.4. The molecule has 2 aromatic carbocycles. The maximum absolute atomic E-state index is 12.5. The van der Waals surface area contributed by atoms with Crippen LogP contribution in [0.3, 0.4) is 0 Å². The van der Waals surface area contributed by atoms with Gasteiger partial charge in [-0.3, -0.25) is 4.39 Å². The van der Waals surface area contributed by atoms with Crippen LogP contribution in [0, 0.1) is 17.8 Å². The summed E-state index contributed by atoms with van der Waals surface area (Å²) in [7, 11) is 0. The molecule has 0 heterocycles. The van der Waals surface area contributed by atoms with Gasteiger partial charge < -0.3 is 0 Å². The van der Waals surface area contributed by atoms with Gasteiger partial charge in [0.1, 0.15) is 0 Å².